The molecule has 1 unspecified atom stereocenters. The standard InChI is InChI=1S/C22H35FN4O2.HI/c1-2-24-22(25-9-4-12-29-17-18-7-8-18)26-16-21(27-10-13-28-14-11-27)19-5-3-6-20(23)15-19;/h3,5-6,15,18,21H,2,4,7-14,16-17H2,1H3,(H2,24,25,26);1H. The summed E-state index contributed by atoms with van der Waals surface area (Å²) in [7, 11) is 0. The van der Waals surface area contributed by atoms with E-state index in [0.717, 1.165) is 63.3 Å². The summed E-state index contributed by atoms with van der Waals surface area (Å²) >= 11 is 0. The van der Waals surface area contributed by atoms with Crippen molar-refractivity contribution in [1.29, 1.82) is 0 Å². The molecule has 1 heterocycles. The molecule has 3 rings (SSSR count). The number of rotatable bonds is 11. The van der Waals surface area contributed by atoms with Gasteiger partial charge in [-0.2, -0.15) is 0 Å². The van der Waals surface area contributed by atoms with Gasteiger partial charge in [0, 0.05) is 39.4 Å². The lowest BCUT2D eigenvalue weighted by Crippen LogP contribution is -2.42. The molecule has 1 aromatic carbocycles. The van der Waals surface area contributed by atoms with Crippen molar-refractivity contribution in [1.82, 2.24) is 15.5 Å². The Bertz CT molecular complexity index is 639. The van der Waals surface area contributed by atoms with Gasteiger partial charge in [-0.05, 0) is 49.8 Å². The Labute approximate surface area is 197 Å². The Hall–Kier alpha value is -0.970. The van der Waals surface area contributed by atoms with Gasteiger partial charge in [-0.3, -0.25) is 9.89 Å². The maximum atomic E-state index is 13.8. The van der Waals surface area contributed by atoms with Crippen molar-refractivity contribution in [3.63, 3.8) is 0 Å². The summed E-state index contributed by atoms with van der Waals surface area (Å²) in [6, 6.07) is 6.89. The lowest BCUT2D eigenvalue weighted by molar-refractivity contribution is 0.0179. The highest BCUT2D eigenvalue weighted by Crippen LogP contribution is 2.28. The fourth-order valence-corrected chi connectivity index (χ4v) is 3.47. The summed E-state index contributed by atoms with van der Waals surface area (Å²) in [5, 5.41) is 6.69. The van der Waals surface area contributed by atoms with Gasteiger partial charge >= 0.3 is 0 Å². The Balaban J connectivity index is 0.00000320. The number of nitrogens with one attached hydrogen (secondary N) is 2. The molecule has 8 heteroatoms. The maximum Gasteiger partial charge on any atom is 0.191 e. The Morgan fingerprint density at radius 1 is 1.30 bits per heavy atom. The van der Waals surface area contributed by atoms with Crippen LogP contribution in [0.15, 0.2) is 29.3 Å². The number of hydrogen-bond donors (Lipinski definition) is 2. The summed E-state index contributed by atoms with van der Waals surface area (Å²) in [4.78, 5) is 7.13. The monoisotopic (exact) mass is 534 g/mol. The second kappa shape index (κ2) is 14.2. The van der Waals surface area contributed by atoms with Crippen LogP contribution in [0.2, 0.25) is 0 Å². The lowest BCUT2D eigenvalue weighted by Gasteiger charge is -2.34. The smallest absolute Gasteiger partial charge is 0.191 e. The zero-order valence-corrected chi connectivity index (χ0v) is 20.3. The van der Waals surface area contributed by atoms with Crippen molar-refractivity contribution in [2.24, 2.45) is 10.9 Å². The molecule has 0 aromatic heterocycles. The second-order valence-electron chi connectivity index (χ2n) is 7.74. The third-order valence-corrected chi connectivity index (χ3v) is 5.29. The van der Waals surface area contributed by atoms with Crippen molar-refractivity contribution in [3.8, 4) is 0 Å². The minimum Gasteiger partial charge on any atom is -0.381 e. The zero-order valence-electron chi connectivity index (χ0n) is 17.9. The Morgan fingerprint density at radius 3 is 2.80 bits per heavy atom. The normalized spacial score (nSPS) is 18.5. The number of morpholine rings is 1. The molecule has 0 spiro atoms. The summed E-state index contributed by atoms with van der Waals surface area (Å²) < 4.78 is 25.0. The van der Waals surface area contributed by atoms with Gasteiger partial charge in [0.25, 0.3) is 0 Å². The van der Waals surface area contributed by atoms with Crippen LogP contribution in [0, 0.1) is 11.7 Å². The van der Waals surface area contributed by atoms with Crippen molar-refractivity contribution >= 4 is 29.9 Å². The van der Waals surface area contributed by atoms with Gasteiger partial charge in [0.1, 0.15) is 5.82 Å². The molecular formula is C22H36FIN4O2. The van der Waals surface area contributed by atoms with Crippen LogP contribution in [0.1, 0.15) is 37.8 Å². The third kappa shape index (κ3) is 9.03. The van der Waals surface area contributed by atoms with Crippen LogP contribution in [-0.4, -0.2) is 70.0 Å². The third-order valence-electron chi connectivity index (χ3n) is 5.29. The molecule has 30 heavy (non-hydrogen) atoms. The van der Waals surface area contributed by atoms with E-state index in [9.17, 15) is 4.39 Å². The van der Waals surface area contributed by atoms with E-state index >= 15 is 0 Å². The van der Waals surface area contributed by atoms with Crippen molar-refractivity contribution in [2.45, 2.75) is 32.2 Å². The number of guanidine groups is 1. The van der Waals surface area contributed by atoms with E-state index < -0.39 is 0 Å². The van der Waals surface area contributed by atoms with E-state index in [1.54, 1.807) is 12.1 Å². The highest BCUT2D eigenvalue weighted by Gasteiger charge is 2.23. The van der Waals surface area contributed by atoms with Crippen molar-refractivity contribution in [2.75, 3.05) is 59.2 Å². The molecule has 1 aliphatic carbocycles. The molecule has 170 valence electrons. The molecule has 1 atom stereocenters. The molecule has 1 saturated heterocycles. The molecule has 6 nitrogen and oxygen atoms in total. The van der Waals surface area contributed by atoms with Gasteiger partial charge in [-0.25, -0.2) is 4.39 Å². The molecule has 1 aromatic rings. The first-order chi connectivity index (χ1) is 14.3. The fourth-order valence-electron chi connectivity index (χ4n) is 3.47. The Kier molecular flexibility index (Phi) is 11.9. The molecule has 2 aliphatic rings. The highest BCUT2D eigenvalue weighted by atomic mass is 127. The number of hydrogen-bond acceptors (Lipinski definition) is 4. The number of ether oxygens (including phenoxy) is 2. The summed E-state index contributed by atoms with van der Waals surface area (Å²) in [6.45, 7) is 9.00. The van der Waals surface area contributed by atoms with Gasteiger partial charge < -0.3 is 20.1 Å². The zero-order chi connectivity index (χ0) is 20.3. The van der Waals surface area contributed by atoms with Gasteiger partial charge in [0.05, 0.1) is 25.8 Å². The van der Waals surface area contributed by atoms with E-state index in [0.29, 0.717) is 19.8 Å². The quantitative estimate of drug-likeness (QED) is 0.198. The van der Waals surface area contributed by atoms with E-state index in [-0.39, 0.29) is 35.8 Å². The van der Waals surface area contributed by atoms with E-state index in [1.165, 1.54) is 18.9 Å². The minimum atomic E-state index is -0.207. The largest absolute Gasteiger partial charge is 0.381 e. The molecule has 0 amide bonds. The summed E-state index contributed by atoms with van der Waals surface area (Å²) in [6.07, 6.45) is 3.60. The number of aliphatic imine (C=N–C) groups is 1. The molecule has 1 aliphatic heterocycles. The van der Waals surface area contributed by atoms with Crippen molar-refractivity contribution < 1.29 is 13.9 Å². The first kappa shape index (κ1) is 25.3. The molecule has 2 N–H and O–H groups in total. The number of halogens is 2. The first-order valence-electron chi connectivity index (χ1n) is 10.9. The van der Waals surface area contributed by atoms with Crippen LogP contribution in [-0.2, 0) is 9.47 Å². The first-order valence-corrected chi connectivity index (χ1v) is 10.9. The average molecular weight is 534 g/mol. The van der Waals surface area contributed by atoms with E-state index in [1.807, 2.05) is 6.07 Å². The van der Waals surface area contributed by atoms with Crippen molar-refractivity contribution in [3.05, 3.63) is 35.6 Å². The SMILES string of the molecule is CCNC(=NCC(c1cccc(F)c1)N1CCOCC1)NCCCOCC1CC1.I. The van der Waals surface area contributed by atoms with Gasteiger partial charge in [-0.15, -0.1) is 24.0 Å². The topological polar surface area (TPSA) is 58.1 Å². The number of nitrogens with zero attached hydrogens (tertiary/aromatic N) is 2. The van der Waals surface area contributed by atoms with Crippen LogP contribution < -0.4 is 10.6 Å². The van der Waals surface area contributed by atoms with Crippen LogP contribution in [0.25, 0.3) is 0 Å². The molecule has 1 saturated carbocycles. The number of benzene rings is 1. The molecule has 0 radical (unpaired) electrons. The predicted octanol–water partition coefficient (Wildman–Crippen LogP) is 3.19. The van der Waals surface area contributed by atoms with Crippen LogP contribution >= 0.6 is 24.0 Å². The average Bonchev–Trinajstić information content (AvgIpc) is 3.56. The summed E-state index contributed by atoms with van der Waals surface area (Å²) in [5.41, 5.74) is 0.958. The van der Waals surface area contributed by atoms with Gasteiger partial charge in [-0.1, -0.05) is 12.1 Å². The minimum absolute atomic E-state index is 0. The highest BCUT2D eigenvalue weighted by molar-refractivity contribution is 14.0. The van der Waals surface area contributed by atoms with E-state index in [4.69, 9.17) is 14.5 Å². The second-order valence-corrected chi connectivity index (χ2v) is 7.74. The maximum absolute atomic E-state index is 13.8. The van der Waals surface area contributed by atoms with Crippen LogP contribution in [0.4, 0.5) is 4.39 Å². The van der Waals surface area contributed by atoms with Crippen LogP contribution in [0.5, 0.6) is 0 Å². The molecular weight excluding hydrogens is 498 g/mol. The van der Waals surface area contributed by atoms with Gasteiger partial charge in [0.15, 0.2) is 5.96 Å². The fraction of sp³-hybridized carbons (Fsp3) is 0.682. The summed E-state index contributed by atoms with van der Waals surface area (Å²) in [5.74, 6) is 1.40. The van der Waals surface area contributed by atoms with E-state index in [2.05, 4.69) is 22.5 Å². The predicted molar refractivity (Wildman–Crippen MR) is 129 cm³/mol. The lowest BCUT2D eigenvalue weighted by atomic mass is 10.0. The van der Waals surface area contributed by atoms with Gasteiger partial charge in [0.2, 0.25) is 0 Å². The van der Waals surface area contributed by atoms with Crippen LogP contribution in [0.3, 0.4) is 0 Å². The molecule has 2 fully saturated rings. The Morgan fingerprint density at radius 2 is 2.10 bits per heavy atom. The molecule has 0 bridgehead atoms.